The SMILES string of the molecule is CC(C)C1CCCN(C(C)CC(C)(N)C(=O)O)CC1. The van der Waals surface area contributed by atoms with Gasteiger partial charge < -0.3 is 15.7 Å². The van der Waals surface area contributed by atoms with E-state index in [4.69, 9.17) is 10.8 Å². The second kappa shape index (κ2) is 6.71. The summed E-state index contributed by atoms with van der Waals surface area (Å²) in [5.41, 5.74) is 4.73. The number of hydrogen-bond donors (Lipinski definition) is 2. The van der Waals surface area contributed by atoms with E-state index in [0.29, 0.717) is 6.42 Å². The Kier molecular flexibility index (Phi) is 5.81. The van der Waals surface area contributed by atoms with Crippen LogP contribution in [-0.4, -0.2) is 40.6 Å². The molecule has 1 heterocycles. The fourth-order valence-corrected chi connectivity index (χ4v) is 3.08. The second-order valence-electron chi connectivity index (χ2n) is 6.75. The van der Waals surface area contributed by atoms with Crippen LogP contribution >= 0.6 is 0 Å². The quantitative estimate of drug-likeness (QED) is 0.804. The van der Waals surface area contributed by atoms with Gasteiger partial charge in [0.15, 0.2) is 0 Å². The van der Waals surface area contributed by atoms with E-state index in [2.05, 4.69) is 25.7 Å². The molecule has 0 spiro atoms. The number of aliphatic carboxylic acids is 1. The Bertz CT molecular complexity index is 303. The average Bonchev–Trinajstić information content (AvgIpc) is 2.53. The van der Waals surface area contributed by atoms with Gasteiger partial charge in [0.1, 0.15) is 5.54 Å². The minimum atomic E-state index is -1.12. The first-order chi connectivity index (χ1) is 8.74. The van der Waals surface area contributed by atoms with Crippen LogP contribution in [0.2, 0.25) is 0 Å². The number of nitrogens with two attached hydrogens (primary N) is 1. The Morgan fingerprint density at radius 2 is 2.00 bits per heavy atom. The molecule has 0 radical (unpaired) electrons. The summed E-state index contributed by atoms with van der Waals surface area (Å²) in [7, 11) is 0. The fourth-order valence-electron chi connectivity index (χ4n) is 3.08. The molecule has 1 aliphatic heterocycles. The standard InChI is InChI=1S/C15H30N2O2/c1-11(2)13-6-5-8-17(9-7-13)12(3)10-15(4,16)14(18)19/h11-13H,5-10,16H2,1-4H3,(H,18,19). The lowest BCUT2D eigenvalue weighted by Gasteiger charge is -2.32. The molecule has 1 rings (SSSR count). The van der Waals surface area contributed by atoms with Gasteiger partial charge in [-0.3, -0.25) is 4.79 Å². The van der Waals surface area contributed by atoms with Gasteiger partial charge in [-0.2, -0.15) is 0 Å². The first kappa shape index (κ1) is 16.4. The maximum Gasteiger partial charge on any atom is 0.323 e. The number of carboxylic acid groups (broad SMARTS) is 1. The predicted octanol–water partition coefficient (Wildman–Crippen LogP) is 2.33. The Labute approximate surface area is 117 Å². The summed E-state index contributed by atoms with van der Waals surface area (Å²) in [6, 6.07) is 0.233. The number of carboxylic acids is 1. The molecule has 112 valence electrons. The van der Waals surface area contributed by atoms with Crippen LogP contribution in [-0.2, 0) is 4.79 Å². The third-order valence-electron chi connectivity index (χ3n) is 4.58. The van der Waals surface area contributed by atoms with Crippen LogP contribution in [0.5, 0.6) is 0 Å². The molecule has 1 aliphatic rings. The molecule has 0 aliphatic carbocycles. The zero-order valence-electron chi connectivity index (χ0n) is 12.9. The maximum atomic E-state index is 11.1. The fraction of sp³-hybridized carbons (Fsp3) is 0.933. The average molecular weight is 270 g/mol. The number of rotatable bonds is 5. The van der Waals surface area contributed by atoms with E-state index >= 15 is 0 Å². The highest BCUT2D eigenvalue weighted by Gasteiger charge is 2.32. The van der Waals surface area contributed by atoms with Crippen molar-refractivity contribution in [3.05, 3.63) is 0 Å². The van der Waals surface area contributed by atoms with Crippen LogP contribution in [0.15, 0.2) is 0 Å². The molecule has 1 fully saturated rings. The third kappa shape index (κ3) is 4.77. The zero-order chi connectivity index (χ0) is 14.6. The van der Waals surface area contributed by atoms with Crippen molar-refractivity contribution in [2.45, 2.75) is 65.0 Å². The molecule has 3 atom stereocenters. The lowest BCUT2D eigenvalue weighted by atomic mass is 9.89. The van der Waals surface area contributed by atoms with Crippen LogP contribution in [0.25, 0.3) is 0 Å². The van der Waals surface area contributed by atoms with Crippen molar-refractivity contribution in [3.8, 4) is 0 Å². The van der Waals surface area contributed by atoms with Crippen molar-refractivity contribution in [1.29, 1.82) is 0 Å². The molecule has 0 bridgehead atoms. The van der Waals surface area contributed by atoms with E-state index in [-0.39, 0.29) is 6.04 Å². The maximum absolute atomic E-state index is 11.1. The van der Waals surface area contributed by atoms with Gasteiger partial charge in [-0.05, 0) is 64.5 Å². The van der Waals surface area contributed by atoms with Crippen LogP contribution in [0, 0.1) is 11.8 Å². The van der Waals surface area contributed by atoms with E-state index in [0.717, 1.165) is 24.9 Å². The number of nitrogens with zero attached hydrogens (tertiary/aromatic N) is 1. The minimum absolute atomic E-state index is 0.233. The number of hydrogen-bond acceptors (Lipinski definition) is 3. The molecule has 0 aromatic carbocycles. The molecule has 3 N–H and O–H groups in total. The van der Waals surface area contributed by atoms with Gasteiger partial charge in [0.2, 0.25) is 0 Å². The van der Waals surface area contributed by atoms with Crippen molar-refractivity contribution in [3.63, 3.8) is 0 Å². The van der Waals surface area contributed by atoms with Crippen molar-refractivity contribution < 1.29 is 9.90 Å². The Morgan fingerprint density at radius 3 is 2.53 bits per heavy atom. The van der Waals surface area contributed by atoms with Gasteiger partial charge >= 0.3 is 5.97 Å². The summed E-state index contributed by atoms with van der Waals surface area (Å²) in [5.74, 6) is 0.643. The summed E-state index contributed by atoms with van der Waals surface area (Å²) < 4.78 is 0. The highest BCUT2D eigenvalue weighted by Crippen LogP contribution is 2.26. The summed E-state index contributed by atoms with van der Waals surface area (Å²) >= 11 is 0. The summed E-state index contributed by atoms with van der Waals surface area (Å²) in [4.78, 5) is 13.5. The molecule has 0 aromatic heterocycles. The van der Waals surface area contributed by atoms with Gasteiger partial charge in [-0.1, -0.05) is 13.8 Å². The molecule has 19 heavy (non-hydrogen) atoms. The summed E-state index contributed by atoms with van der Waals surface area (Å²) in [5, 5.41) is 9.12. The predicted molar refractivity (Wildman–Crippen MR) is 78.1 cm³/mol. The Balaban J connectivity index is 2.54. The van der Waals surface area contributed by atoms with Crippen LogP contribution in [0.3, 0.4) is 0 Å². The summed E-state index contributed by atoms with van der Waals surface area (Å²) in [6.07, 6.45) is 4.23. The molecule has 1 saturated heterocycles. The van der Waals surface area contributed by atoms with Crippen molar-refractivity contribution >= 4 is 5.97 Å². The lowest BCUT2D eigenvalue weighted by molar-refractivity contribution is -0.143. The van der Waals surface area contributed by atoms with Gasteiger partial charge in [-0.15, -0.1) is 0 Å². The van der Waals surface area contributed by atoms with Crippen LogP contribution in [0.4, 0.5) is 0 Å². The highest BCUT2D eigenvalue weighted by molar-refractivity contribution is 5.77. The zero-order valence-corrected chi connectivity index (χ0v) is 12.9. The minimum Gasteiger partial charge on any atom is -0.480 e. The Morgan fingerprint density at radius 1 is 1.37 bits per heavy atom. The molecule has 4 nitrogen and oxygen atoms in total. The number of likely N-dealkylation sites (tertiary alicyclic amines) is 1. The van der Waals surface area contributed by atoms with Gasteiger partial charge in [-0.25, -0.2) is 0 Å². The van der Waals surface area contributed by atoms with Crippen molar-refractivity contribution in [2.24, 2.45) is 17.6 Å². The van der Waals surface area contributed by atoms with E-state index in [1.165, 1.54) is 19.3 Å². The smallest absolute Gasteiger partial charge is 0.323 e. The third-order valence-corrected chi connectivity index (χ3v) is 4.58. The molecule has 0 aromatic rings. The second-order valence-corrected chi connectivity index (χ2v) is 6.75. The number of carbonyl (C=O) groups is 1. The molecule has 3 unspecified atom stereocenters. The van der Waals surface area contributed by atoms with Crippen LogP contribution in [0.1, 0.15) is 53.4 Å². The van der Waals surface area contributed by atoms with Crippen LogP contribution < -0.4 is 5.73 Å². The van der Waals surface area contributed by atoms with Crippen molar-refractivity contribution in [2.75, 3.05) is 13.1 Å². The van der Waals surface area contributed by atoms with Crippen molar-refractivity contribution in [1.82, 2.24) is 4.90 Å². The monoisotopic (exact) mass is 270 g/mol. The summed E-state index contributed by atoms with van der Waals surface area (Å²) in [6.45, 7) is 10.4. The van der Waals surface area contributed by atoms with Gasteiger partial charge in [0, 0.05) is 6.04 Å². The van der Waals surface area contributed by atoms with E-state index in [9.17, 15) is 4.79 Å². The van der Waals surface area contributed by atoms with E-state index in [1.54, 1.807) is 6.92 Å². The normalized spacial score (nSPS) is 26.7. The van der Waals surface area contributed by atoms with Gasteiger partial charge in [0.05, 0.1) is 0 Å². The topological polar surface area (TPSA) is 66.6 Å². The molecular weight excluding hydrogens is 240 g/mol. The molecule has 0 amide bonds. The Hall–Kier alpha value is -0.610. The van der Waals surface area contributed by atoms with E-state index in [1.807, 2.05) is 0 Å². The first-order valence-corrected chi connectivity index (χ1v) is 7.50. The molecule has 0 saturated carbocycles. The molecular formula is C15H30N2O2. The van der Waals surface area contributed by atoms with E-state index < -0.39 is 11.5 Å². The first-order valence-electron chi connectivity index (χ1n) is 7.50. The molecule has 4 heteroatoms. The largest absolute Gasteiger partial charge is 0.480 e. The lowest BCUT2D eigenvalue weighted by Crippen LogP contribution is -2.50. The highest BCUT2D eigenvalue weighted by atomic mass is 16.4. The van der Waals surface area contributed by atoms with Gasteiger partial charge in [0.25, 0.3) is 0 Å².